The Balaban J connectivity index is 2.87. The number of carboxylic acids is 1. The van der Waals surface area contributed by atoms with Crippen molar-refractivity contribution in [2.45, 2.75) is 32.7 Å². The van der Waals surface area contributed by atoms with Gasteiger partial charge >= 0.3 is 5.97 Å². The highest BCUT2D eigenvalue weighted by atomic mass is 32.1. The number of thiophene rings is 1. The molecule has 0 aliphatic carbocycles. The van der Waals surface area contributed by atoms with Crippen LogP contribution in [0, 0.1) is 4.77 Å². The molecular weight excluding hydrogens is 284 g/mol. The molecule has 0 fully saturated rings. The Kier molecular flexibility index (Phi) is 3.36. The number of nitrogens with zero attached hydrogens (tertiary/aromatic N) is 1. The van der Waals surface area contributed by atoms with Crippen LogP contribution in [0.1, 0.15) is 25.6 Å². The Hall–Kier alpha value is -1.47. The zero-order chi connectivity index (χ0) is 14.4. The Morgan fingerprint density at radius 2 is 2.21 bits per heavy atom. The minimum absolute atomic E-state index is 0.134. The Bertz CT molecular complexity index is 767. The molecule has 102 valence electrons. The van der Waals surface area contributed by atoms with Gasteiger partial charge in [-0.25, -0.2) is 4.79 Å². The van der Waals surface area contributed by atoms with Gasteiger partial charge in [-0.05, 0) is 38.6 Å². The summed E-state index contributed by atoms with van der Waals surface area (Å²) < 4.78 is 1.26. The molecule has 0 aliphatic rings. The van der Waals surface area contributed by atoms with Gasteiger partial charge in [0, 0.05) is 4.88 Å². The van der Waals surface area contributed by atoms with E-state index in [1.54, 1.807) is 6.07 Å². The normalized spacial score (nSPS) is 11.9. The summed E-state index contributed by atoms with van der Waals surface area (Å²) in [6, 6.07) is 1.79. The van der Waals surface area contributed by atoms with Gasteiger partial charge in [0.25, 0.3) is 5.56 Å². The molecule has 2 N–H and O–H groups in total. The summed E-state index contributed by atoms with van der Waals surface area (Å²) in [6.07, 6.45) is 0.821. The summed E-state index contributed by atoms with van der Waals surface area (Å²) in [6.45, 7) is 4.91. The topological polar surface area (TPSA) is 75.1 Å². The molecule has 2 rings (SSSR count). The number of aliphatic carboxylic acids is 1. The number of nitrogens with one attached hydrogen (secondary N) is 1. The van der Waals surface area contributed by atoms with Crippen molar-refractivity contribution in [2.75, 3.05) is 0 Å². The molecule has 0 spiro atoms. The monoisotopic (exact) mass is 298 g/mol. The van der Waals surface area contributed by atoms with E-state index in [0.29, 0.717) is 10.2 Å². The van der Waals surface area contributed by atoms with Gasteiger partial charge in [-0.15, -0.1) is 11.3 Å². The van der Waals surface area contributed by atoms with Gasteiger partial charge in [0.05, 0.1) is 5.39 Å². The molecule has 19 heavy (non-hydrogen) atoms. The van der Waals surface area contributed by atoms with E-state index in [1.807, 2.05) is 6.92 Å². The van der Waals surface area contributed by atoms with Gasteiger partial charge in [0.15, 0.2) is 4.77 Å². The van der Waals surface area contributed by atoms with E-state index in [4.69, 9.17) is 12.2 Å². The molecule has 7 heteroatoms. The van der Waals surface area contributed by atoms with Gasteiger partial charge < -0.3 is 10.1 Å². The number of hydrogen-bond acceptors (Lipinski definition) is 4. The first kappa shape index (κ1) is 14.0. The van der Waals surface area contributed by atoms with E-state index in [-0.39, 0.29) is 10.3 Å². The summed E-state index contributed by atoms with van der Waals surface area (Å²) >= 11 is 6.60. The number of aryl methyl sites for hydroxylation is 1. The van der Waals surface area contributed by atoms with E-state index in [1.165, 1.54) is 25.2 Å². The highest BCUT2D eigenvalue weighted by Crippen LogP contribution is 2.23. The molecule has 0 amide bonds. The lowest BCUT2D eigenvalue weighted by Crippen LogP contribution is -2.43. The molecule has 0 saturated carbocycles. The van der Waals surface area contributed by atoms with Crippen LogP contribution in [0.4, 0.5) is 0 Å². The molecule has 0 atom stereocenters. The number of carbonyl (C=O) groups is 1. The van der Waals surface area contributed by atoms with Crippen LogP contribution in [0.5, 0.6) is 0 Å². The second-order valence-electron chi connectivity index (χ2n) is 4.74. The summed E-state index contributed by atoms with van der Waals surface area (Å²) in [5, 5.41) is 9.74. The van der Waals surface area contributed by atoms with Crippen LogP contribution in [0.2, 0.25) is 0 Å². The molecule has 2 aromatic heterocycles. The number of aromatic amines is 1. The lowest BCUT2D eigenvalue weighted by atomic mass is 10.1. The van der Waals surface area contributed by atoms with Crippen LogP contribution in [0.3, 0.4) is 0 Å². The van der Waals surface area contributed by atoms with Crippen LogP contribution in [-0.2, 0) is 16.8 Å². The Morgan fingerprint density at radius 1 is 1.58 bits per heavy atom. The number of hydrogen-bond donors (Lipinski definition) is 2. The van der Waals surface area contributed by atoms with Gasteiger partial charge in [-0.3, -0.25) is 9.36 Å². The summed E-state index contributed by atoms with van der Waals surface area (Å²) in [5.41, 5.74) is -1.74. The van der Waals surface area contributed by atoms with E-state index in [9.17, 15) is 14.7 Å². The third-order valence-electron chi connectivity index (χ3n) is 3.07. The van der Waals surface area contributed by atoms with Gasteiger partial charge in [0.1, 0.15) is 10.4 Å². The van der Waals surface area contributed by atoms with Crippen LogP contribution in [0.15, 0.2) is 10.9 Å². The molecule has 2 aromatic rings. The smallest absolute Gasteiger partial charge is 0.329 e. The lowest BCUT2D eigenvalue weighted by Gasteiger charge is -2.22. The van der Waals surface area contributed by atoms with E-state index >= 15 is 0 Å². The maximum Gasteiger partial charge on any atom is 0.329 e. The molecule has 0 bridgehead atoms. The second-order valence-corrected chi connectivity index (χ2v) is 6.27. The first-order chi connectivity index (χ1) is 8.78. The van der Waals surface area contributed by atoms with Crippen molar-refractivity contribution in [2.24, 2.45) is 0 Å². The van der Waals surface area contributed by atoms with Crippen molar-refractivity contribution in [3.8, 4) is 0 Å². The fraction of sp³-hybridized carbons (Fsp3) is 0.417. The van der Waals surface area contributed by atoms with Gasteiger partial charge in [-0.2, -0.15) is 0 Å². The second kappa shape index (κ2) is 4.57. The Morgan fingerprint density at radius 3 is 2.74 bits per heavy atom. The maximum atomic E-state index is 12.4. The first-order valence-electron chi connectivity index (χ1n) is 5.80. The average Bonchev–Trinajstić information content (AvgIpc) is 2.71. The molecule has 0 aromatic carbocycles. The third kappa shape index (κ3) is 2.12. The predicted octanol–water partition coefficient (Wildman–Crippen LogP) is 2.50. The van der Waals surface area contributed by atoms with E-state index in [2.05, 4.69) is 4.98 Å². The van der Waals surface area contributed by atoms with Crippen LogP contribution < -0.4 is 5.56 Å². The van der Waals surface area contributed by atoms with Gasteiger partial charge in [-0.1, -0.05) is 6.92 Å². The van der Waals surface area contributed by atoms with Crippen molar-refractivity contribution in [3.63, 3.8) is 0 Å². The number of aromatic nitrogens is 2. The van der Waals surface area contributed by atoms with Crippen molar-refractivity contribution < 1.29 is 9.90 Å². The van der Waals surface area contributed by atoms with E-state index < -0.39 is 11.5 Å². The molecule has 2 heterocycles. The van der Waals surface area contributed by atoms with Crippen LogP contribution >= 0.6 is 23.6 Å². The molecule has 0 radical (unpaired) electrons. The minimum Gasteiger partial charge on any atom is -0.480 e. The van der Waals surface area contributed by atoms with Gasteiger partial charge in [0.2, 0.25) is 0 Å². The SMILES string of the molecule is CCc1cc2c(=O)n(C(C)(C)C(=O)O)c(=S)[nH]c2s1. The van der Waals surface area contributed by atoms with Crippen LogP contribution in [-0.4, -0.2) is 20.6 Å². The fourth-order valence-corrected chi connectivity index (χ4v) is 3.30. The minimum atomic E-state index is -1.38. The zero-order valence-corrected chi connectivity index (χ0v) is 12.4. The van der Waals surface area contributed by atoms with Crippen LogP contribution in [0.25, 0.3) is 10.2 Å². The predicted molar refractivity (Wildman–Crippen MR) is 77.6 cm³/mol. The number of rotatable bonds is 3. The first-order valence-corrected chi connectivity index (χ1v) is 7.03. The van der Waals surface area contributed by atoms with Crippen molar-refractivity contribution >= 4 is 39.7 Å². The fourth-order valence-electron chi connectivity index (χ4n) is 1.84. The van der Waals surface area contributed by atoms with Crippen molar-refractivity contribution in [1.29, 1.82) is 0 Å². The molecular formula is C12H14N2O3S2. The largest absolute Gasteiger partial charge is 0.480 e. The summed E-state index contributed by atoms with van der Waals surface area (Å²) in [5.74, 6) is -1.10. The number of H-pyrrole nitrogens is 1. The summed E-state index contributed by atoms with van der Waals surface area (Å²) in [4.78, 5) is 28.5. The number of fused-ring (bicyclic) bond motifs is 1. The molecule has 0 saturated heterocycles. The summed E-state index contributed by atoms with van der Waals surface area (Å²) in [7, 11) is 0. The third-order valence-corrected chi connectivity index (χ3v) is 4.55. The molecule has 0 unspecified atom stereocenters. The molecule has 5 nitrogen and oxygen atoms in total. The van der Waals surface area contributed by atoms with Crippen molar-refractivity contribution in [1.82, 2.24) is 9.55 Å². The quantitative estimate of drug-likeness (QED) is 0.854. The molecule has 0 aliphatic heterocycles. The highest BCUT2D eigenvalue weighted by molar-refractivity contribution is 7.71. The average molecular weight is 298 g/mol. The standard InChI is InChI=1S/C12H14N2O3S2/c1-4-6-5-7-8(19-6)13-11(18)14(9(7)15)12(2,3)10(16)17/h5H,4H2,1-3H3,(H,13,18)(H,16,17). The Labute approximate surface area is 118 Å². The maximum absolute atomic E-state index is 12.4. The highest BCUT2D eigenvalue weighted by Gasteiger charge is 2.32. The zero-order valence-electron chi connectivity index (χ0n) is 10.8. The van der Waals surface area contributed by atoms with E-state index in [0.717, 1.165) is 15.9 Å². The van der Waals surface area contributed by atoms with Crippen molar-refractivity contribution in [3.05, 3.63) is 26.1 Å². The number of carboxylic acid groups (broad SMARTS) is 1. The lowest BCUT2D eigenvalue weighted by molar-refractivity contribution is -0.145.